The lowest BCUT2D eigenvalue weighted by atomic mass is 10.2. The van der Waals surface area contributed by atoms with Crippen molar-refractivity contribution in [1.82, 2.24) is 25.1 Å². The lowest BCUT2D eigenvalue weighted by Crippen LogP contribution is -2.24. The van der Waals surface area contributed by atoms with E-state index < -0.39 is 0 Å². The second-order valence-corrected chi connectivity index (χ2v) is 5.85. The molecule has 0 saturated heterocycles. The summed E-state index contributed by atoms with van der Waals surface area (Å²) in [5.74, 6) is 1.28. The van der Waals surface area contributed by atoms with Crippen LogP contribution in [0, 0.1) is 0 Å². The number of hydrogen-bond donors (Lipinski definition) is 1. The third kappa shape index (κ3) is 2.60. The van der Waals surface area contributed by atoms with Gasteiger partial charge in [0.15, 0.2) is 5.82 Å². The Labute approximate surface area is 115 Å². The van der Waals surface area contributed by atoms with E-state index in [1.54, 1.807) is 4.52 Å². The molecule has 0 atom stereocenters. The summed E-state index contributed by atoms with van der Waals surface area (Å²) >= 11 is 1.30. The molecule has 2 heterocycles. The van der Waals surface area contributed by atoms with Crippen molar-refractivity contribution in [1.29, 1.82) is 0 Å². The van der Waals surface area contributed by atoms with Gasteiger partial charge in [-0.3, -0.25) is 4.79 Å². The quantitative estimate of drug-likeness (QED) is 0.821. The van der Waals surface area contributed by atoms with Crippen LogP contribution in [0.1, 0.15) is 60.6 Å². The number of nitrogens with zero attached hydrogens (tertiary/aromatic N) is 4. The van der Waals surface area contributed by atoms with Gasteiger partial charge in [-0.05, 0) is 19.3 Å². The minimum absolute atomic E-state index is 0.103. The lowest BCUT2D eigenvalue weighted by molar-refractivity contribution is 0.0951. The number of unbranched alkanes of at least 4 members (excludes halogenated alkanes) is 2. The summed E-state index contributed by atoms with van der Waals surface area (Å²) in [6.45, 7) is 2.85. The predicted octanol–water partition coefficient (Wildman–Crippen LogP) is 1.98. The average Bonchev–Trinajstić information content (AvgIpc) is 3.02. The Bertz CT molecular complexity index is 586. The minimum Gasteiger partial charge on any atom is -0.350 e. The molecule has 19 heavy (non-hydrogen) atoms. The summed E-state index contributed by atoms with van der Waals surface area (Å²) in [5.41, 5.74) is 0. The monoisotopic (exact) mass is 279 g/mol. The van der Waals surface area contributed by atoms with Gasteiger partial charge in [0.2, 0.25) is 9.97 Å². The van der Waals surface area contributed by atoms with Gasteiger partial charge in [-0.1, -0.05) is 31.1 Å². The molecule has 3 rings (SSSR count). The van der Waals surface area contributed by atoms with Gasteiger partial charge in [0.25, 0.3) is 5.91 Å². The van der Waals surface area contributed by atoms with E-state index in [1.807, 2.05) is 0 Å². The number of carbonyl (C=O) groups is 1. The van der Waals surface area contributed by atoms with Crippen molar-refractivity contribution < 1.29 is 4.79 Å². The van der Waals surface area contributed by atoms with E-state index in [0.29, 0.717) is 22.4 Å². The van der Waals surface area contributed by atoms with Crippen LogP contribution in [-0.4, -0.2) is 32.3 Å². The molecule has 0 aliphatic heterocycles. The van der Waals surface area contributed by atoms with E-state index >= 15 is 0 Å². The molecular formula is C12H17N5OS. The van der Waals surface area contributed by atoms with Gasteiger partial charge in [-0.25, -0.2) is 0 Å². The molecule has 1 aliphatic carbocycles. The standard InChI is InChI=1S/C12H17N5OS/c1-2-3-4-7-13-10(18)11-16-17-9(8-5-6-8)14-15-12(17)19-11/h8H,2-7H2,1H3,(H,13,18). The third-order valence-corrected chi connectivity index (χ3v) is 4.12. The van der Waals surface area contributed by atoms with E-state index in [1.165, 1.54) is 11.3 Å². The van der Waals surface area contributed by atoms with Crippen LogP contribution in [0.25, 0.3) is 4.96 Å². The number of fused-ring (bicyclic) bond motifs is 1. The van der Waals surface area contributed by atoms with Gasteiger partial charge in [-0.2, -0.15) is 4.52 Å². The zero-order valence-electron chi connectivity index (χ0n) is 10.9. The molecule has 0 radical (unpaired) electrons. The molecule has 1 amide bonds. The van der Waals surface area contributed by atoms with Crippen molar-refractivity contribution in [3.8, 4) is 0 Å². The van der Waals surface area contributed by atoms with E-state index in [2.05, 4.69) is 27.5 Å². The maximum Gasteiger partial charge on any atom is 0.282 e. The van der Waals surface area contributed by atoms with Crippen LogP contribution >= 0.6 is 11.3 Å². The Kier molecular flexibility index (Phi) is 3.46. The molecule has 1 N–H and O–H groups in total. The van der Waals surface area contributed by atoms with Crippen LogP contribution < -0.4 is 5.32 Å². The first-order valence-electron chi connectivity index (χ1n) is 6.80. The molecule has 0 aromatic carbocycles. The van der Waals surface area contributed by atoms with E-state index in [-0.39, 0.29) is 5.91 Å². The van der Waals surface area contributed by atoms with Crippen LogP contribution in [0.5, 0.6) is 0 Å². The summed E-state index contributed by atoms with van der Waals surface area (Å²) in [6.07, 6.45) is 5.60. The van der Waals surface area contributed by atoms with Crippen molar-refractivity contribution in [3.05, 3.63) is 10.8 Å². The number of amides is 1. The molecule has 0 spiro atoms. The lowest BCUT2D eigenvalue weighted by Gasteiger charge is -2.00. The summed E-state index contributed by atoms with van der Waals surface area (Å²) in [5, 5.41) is 15.9. The third-order valence-electron chi connectivity index (χ3n) is 3.22. The molecular weight excluding hydrogens is 262 g/mol. The van der Waals surface area contributed by atoms with Gasteiger partial charge < -0.3 is 5.32 Å². The Hall–Kier alpha value is -1.50. The highest BCUT2D eigenvalue weighted by atomic mass is 32.1. The highest BCUT2D eigenvalue weighted by Gasteiger charge is 2.30. The number of aromatic nitrogens is 4. The molecule has 2 aromatic rings. The van der Waals surface area contributed by atoms with E-state index in [0.717, 1.165) is 37.9 Å². The number of hydrogen-bond acceptors (Lipinski definition) is 5. The van der Waals surface area contributed by atoms with E-state index in [9.17, 15) is 4.79 Å². The number of nitrogens with one attached hydrogen (secondary N) is 1. The highest BCUT2D eigenvalue weighted by molar-refractivity contribution is 7.18. The minimum atomic E-state index is -0.103. The summed E-state index contributed by atoms with van der Waals surface area (Å²) < 4.78 is 1.73. The molecule has 0 unspecified atom stereocenters. The van der Waals surface area contributed by atoms with Gasteiger partial charge in [0, 0.05) is 12.5 Å². The van der Waals surface area contributed by atoms with Crippen LogP contribution in [0.3, 0.4) is 0 Å². The molecule has 1 fully saturated rings. The normalized spacial score (nSPS) is 15.0. The zero-order chi connectivity index (χ0) is 13.2. The van der Waals surface area contributed by atoms with Crippen molar-refractivity contribution in [2.45, 2.75) is 44.9 Å². The number of carbonyl (C=O) groups excluding carboxylic acids is 1. The first-order valence-corrected chi connectivity index (χ1v) is 7.61. The van der Waals surface area contributed by atoms with Crippen LogP contribution in [0.4, 0.5) is 0 Å². The number of rotatable bonds is 6. The molecule has 0 bridgehead atoms. The molecule has 102 valence electrons. The first kappa shape index (κ1) is 12.5. The van der Waals surface area contributed by atoms with Crippen LogP contribution in [0.15, 0.2) is 0 Å². The molecule has 2 aromatic heterocycles. The van der Waals surface area contributed by atoms with Crippen molar-refractivity contribution in [2.24, 2.45) is 0 Å². The first-order chi connectivity index (χ1) is 9.29. The fraction of sp³-hybridized carbons (Fsp3) is 0.667. The summed E-state index contributed by atoms with van der Waals surface area (Å²) in [4.78, 5) is 12.7. The molecule has 1 saturated carbocycles. The van der Waals surface area contributed by atoms with Crippen molar-refractivity contribution in [3.63, 3.8) is 0 Å². The Morgan fingerprint density at radius 2 is 2.26 bits per heavy atom. The van der Waals surface area contributed by atoms with Gasteiger partial charge in [0.05, 0.1) is 0 Å². The SMILES string of the molecule is CCCCCNC(=O)c1nn2c(C3CC3)nnc2s1. The van der Waals surface area contributed by atoms with E-state index in [4.69, 9.17) is 0 Å². The maximum absolute atomic E-state index is 11.9. The Balaban J connectivity index is 1.68. The smallest absolute Gasteiger partial charge is 0.282 e. The summed E-state index contributed by atoms with van der Waals surface area (Å²) in [6, 6.07) is 0. The average molecular weight is 279 g/mol. The molecule has 6 nitrogen and oxygen atoms in total. The largest absolute Gasteiger partial charge is 0.350 e. The van der Waals surface area contributed by atoms with Crippen molar-refractivity contribution >= 4 is 22.2 Å². The van der Waals surface area contributed by atoms with Gasteiger partial charge in [0.1, 0.15) is 0 Å². The van der Waals surface area contributed by atoms with Gasteiger partial charge >= 0.3 is 0 Å². The van der Waals surface area contributed by atoms with Crippen LogP contribution in [-0.2, 0) is 0 Å². The van der Waals surface area contributed by atoms with Crippen LogP contribution in [0.2, 0.25) is 0 Å². The second kappa shape index (κ2) is 5.24. The summed E-state index contributed by atoms with van der Waals surface area (Å²) in [7, 11) is 0. The topological polar surface area (TPSA) is 72.2 Å². The van der Waals surface area contributed by atoms with Gasteiger partial charge in [-0.15, -0.1) is 15.3 Å². The Morgan fingerprint density at radius 1 is 1.42 bits per heavy atom. The Morgan fingerprint density at radius 3 is 3.00 bits per heavy atom. The zero-order valence-corrected chi connectivity index (χ0v) is 11.7. The maximum atomic E-state index is 11.9. The molecule has 1 aliphatic rings. The predicted molar refractivity (Wildman–Crippen MR) is 72.5 cm³/mol. The fourth-order valence-electron chi connectivity index (χ4n) is 1.97. The second-order valence-electron chi connectivity index (χ2n) is 4.90. The van der Waals surface area contributed by atoms with Crippen molar-refractivity contribution in [2.75, 3.05) is 6.54 Å². The fourth-order valence-corrected chi connectivity index (χ4v) is 2.74. The highest BCUT2D eigenvalue weighted by Crippen LogP contribution is 2.39. The molecule has 7 heteroatoms.